The van der Waals surface area contributed by atoms with Crippen LogP contribution in [0.15, 0.2) is 0 Å². The number of rotatable bonds is 4. The second-order valence-electron chi connectivity index (χ2n) is 3.24. The minimum absolute atomic E-state index is 0.547. The van der Waals surface area contributed by atoms with E-state index in [0.717, 1.165) is 18.6 Å². The molecule has 0 aromatic carbocycles. The van der Waals surface area contributed by atoms with Crippen molar-refractivity contribution in [3.05, 3.63) is 5.69 Å². The highest BCUT2D eigenvalue weighted by molar-refractivity contribution is 5.80. The Labute approximate surface area is 71.9 Å². The molecule has 1 rings (SSSR count). The number of anilines is 1. The minimum Gasteiger partial charge on any atom is -0.372 e. The van der Waals surface area contributed by atoms with Crippen molar-refractivity contribution in [3.8, 4) is 0 Å². The Balaban J connectivity index is 2.69. The Hall–Kier alpha value is -1.19. The van der Waals surface area contributed by atoms with Crippen molar-refractivity contribution in [2.24, 2.45) is 5.92 Å². The van der Waals surface area contributed by atoms with Crippen LogP contribution in [0, 0.1) is 5.92 Å². The van der Waals surface area contributed by atoms with Crippen LogP contribution in [-0.4, -0.2) is 23.1 Å². The van der Waals surface area contributed by atoms with Gasteiger partial charge in [0.05, 0.1) is 0 Å². The first kappa shape index (κ1) is 8.90. The van der Waals surface area contributed by atoms with E-state index in [1.54, 1.807) is 7.05 Å². The van der Waals surface area contributed by atoms with Crippen molar-refractivity contribution in [1.82, 2.24) is 9.78 Å². The summed E-state index contributed by atoms with van der Waals surface area (Å²) in [4.78, 5) is 10.6. The van der Waals surface area contributed by atoms with Gasteiger partial charge in [-0.05, 0) is 5.92 Å². The van der Waals surface area contributed by atoms with E-state index >= 15 is 0 Å². The molecular weight excluding hydrogens is 154 g/mol. The van der Waals surface area contributed by atoms with Gasteiger partial charge in [-0.2, -0.15) is 0 Å². The van der Waals surface area contributed by atoms with E-state index in [4.69, 9.17) is 0 Å². The number of aldehydes is 1. The van der Waals surface area contributed by atoms with E-state index in [2.05, 4.69) is 24.3 Å². The van der Waals surface area contributed by atoms with Gasteiger partial charge in [-0.3, -0.25) is 14.6 Å². The summed E-state index contributed by atoms with van der Waals surface area (Å²) < 4.78 is 1.85. The zero-order valence-electron chi connectivity index (χ0n) is 7.72. The van der Waals surface area contributed by atoms with Crippen LogP contribution in [0.4, 0.5) is 5.82 Å². The summed E-state index contributed by atoms with van der Waals surface area (Å²) in [5.74, 6) is 1.36. The number of carbonyl (C=O) groups is 1. The molecule has 1 aromatic rings. The van der Waals surface area contributed by atoms with Crippen LogP contribution < -0.4 is 5.32 Å². The summed E-state index contributed by atoms with van der Waals surface area (Å²) in [5.41, 5.74) is 0.714. The second-order valence-corrected chi connectivity index (χ2v) is 3.24. The van der Waals surface area contributed by atoms with Gasteiger partial charge < -0.3 is 5.32 Å². The van der Waals surface area contributed by atoms with Crippen LogP contribution in [0.1, 0.15) is 24.3 Å². The first-order valence-corrected chi connectivity index (χ1v) is 4.10. The largest absolute Gasteiger partial charge is 0.372 e. The van der Waals surface area contributed by atoms with Gasteiger partial charge in [-0.1, -0.05) is 13.8 Å². The van der Waals surface area contributed by atoms with Gasteiger partial charge in [0.1, 0.15) is 11.5 Å². The summed E-state index contributed by atoms with van der Waals surface area (Å²) in [6.07, 6.45) is 0.866. The molecule has 0 unspecified atom stereocenters. The maximum absolute atomic E-state index is 10.6. The smallest absolute Gasteiger partial charge is 0.171 e. The molecule has 12 heavy (non-hydrogen) atoms. The lowest BCUT2D eigenvalue weighted by molar-refractivity contribution is 0.110. The van der Waals surface area contributed by atoms with Gasteiger partial charge in [0, 0.05) is 13.6 Å². The van der Waals surface area contributed by atoms with Crippen molar-refractivity contribution >= 4 is 12.1 Å². The van der Waals surface area contributed by atoms with E-state index in [0.29, 0.717) is 11.6 Å². The molecule has 0 atom stereocenters. The standard InChI is InChI=1S/C8H15N3O/c1-6(2)4-11-7(5-12)8(9-3)10-11/h5-6,9-10H,4H2,1-3H3. The number of aromatic amines is 1. The van der Waals surface area contributed by atoms with E-state index in [-0.39, 0.29) is 0 Å². The fourth-order valence-corrected chi connectivity index (χ4v) is 1.15. The topological polar surface area (TPSA) is 49.8 Å². The third kappa shape index (κ3) is 1.52. The van der Waals surface area contributed by atoms with Gasteiger partial charge in [0.2, 0.25) is 0 Å². The Morgan fingerprint density at radius 2 is 2.33 bits per heavy atom. The maximum atomic E-state index is 10.6. The molecule has 0 aliphatic carbocycles. The summed E-state index contributed by atoms with van der Waals surface area (Å²) >= 11 is 0. The fraction of sp³-hybridized carbons (Fsp3) is 0.625. The van der Waals surface area contributed by atoms with E-state index < -0.39 is 0 Å². The number of H-pyrrole nitrogens is 1. The second kappa shape index (κ2) is 3.47. The molecule has 0 bridgehead atoms. The number of nitrogens with one attached hydrogen (secondary N) is 2. The molecular formula is C8H15N3O. The molecule has 0 saturated heterocycles. The molecule has 68 valence electrons. The monoisotopic (exact) mass is 169 g/mol. The van der Waals surface area contributed by atoms with Crippen LogP contribution in [-0.2, 0) is 6.54 Å². The van der Waals surface area contributed by atoms with Crippen molar-refractivity contribution in [1.29, 1.82) is 0 Å². The van der Waals surface area contributed by atoms with Crippen molar-refractivity contribution in [2.45, 2.75) is 20.4 Å². The molecule has 0 radical (unpaired) electrons. The first-order chi connectivity index (χ1) is 5.69. The maximum Gasteiger partial charge on any atom is 0.171 e. The molecule has 4 heteroatoms. The zero-order chi connectivity index (χ0) is 9.14. The molecule has 0 aliphatic heterocycles. The van der Waals surface area contributed by atoms with Gasteiger partial charge in [-0.15, -0.1) is 0 Å². The zero-order valence-corrected chi connectivity index (χ0v) is 7.72. The minimum atomic E-state index is 0.547. The summed E-state index contributed by atoms with van der Waals surface area (Å²) in [6.45, 7) is 5.09. The lowest BCUT2D eigenvalue weighted by atomic mass is 10.2. The molecule has 0 amide bonds. The molecule has 0 fully saturated rings. The fourth-order valence-electron chi connectivity index (χ4n) is 1.15. The predicted octanol–water partition coefficient (Wildman–Crippen LogP) is 1.33. The molecule has 0 aliphatic rings. The highest BCUT2D eigenvalue weighted by Crippen LogP contribution is 2.14. The van der Waals surface area contributed by atoms with E-state index in [1.165, 1.54) is 0 Å². The quantitative estimate of drug-likeness (QED) is 0.668. The Morgan fingerprint density at radius 3 is 2.75 bits per heavy atom. The lowest BCUT2D eigenvalue weighted by Crippen LogP contribution is -2.22. The third-order valence-electron chi connectivity index (χ3n) is 1.70. The number of hydrogen-bond acceptors (Lipinski definition) is 2. The third-order valence-corrected chi connectivity index (χ3v) is 1.70. The van der Waals surface area contributed by atoms with Gasteiger partial charge in [0.15, 0.2) is 6.29 Å². The number of nitrogens with zero attached hydrogens (tertiary/aromatic N) is 1. The summed E-state index contributed by atoms with van der Waals surface area (Å²) in [7, 11) is 1.79. The van der Waals surface area contributed by atoms with Crippen LogP contribution in [0.25, 0.3) is 0 Å². The van der Waals surface area contributed by atoms with Crippen LogP contribution in [0.2, 0.25) is 0 Å². The SMILES string of the molecule is CNc1[nH]n(CC(C)C)c1C=O. The molecule has 0 spiro atoms. The number of aromatic nitrogens is 2. The Morgan fingerprint density at radius 1 is 1.67 bits per heavy atom. The average Bonchev–Trinajstić information content (AvgIpc) is 1.97. The first-order valence-electron chi connectivity index (χ1n) is 4.10. The van der Waals surface area contributed by atoms with E-state index in [9.17, 15) is 4.79 Å². The summed E-state index contributed by atoms with van der Waals surface area (Å²) in [5, 5.41) is 5.93. The van der Waals surface area contributed by atoms with Crippen molar-refractivity contribution in [3.63, 3.8) is 0 Å². The normalized spacial score (nSPS) is 10.7. The molecule has 1 aromatic heterocycles. The van der Waals surface area contributed by atoms with Crippen LogP contribution >= 0.6 is 0 Å². The Bertz CT molecular complexity index is 260. The van der Waals surface area contributed by atoms with Gasteiger partial charge in [0.25, 0.3) is 0 Å². The number of hydrogen-bond donors (Lipinski definition) is 2. The summed E-state index contributed by atoms with van der Waals surface area (Å²) in [6, 6.07) is 0. The molecule has 2 N–H and O–H groups in total. The Kier molecular flexibility index (Phi) is 2.58. The van der Waals surface area contributed by atoms with Crippen LogP contribution in [0.3, 0.4) is 0 Å². The molecule has 4 nitrogen and oxygen atoms in total. The van der Waals surface area contributed by atoms with Crippen LogP contribution in [0.5, 0.6) is 0 Å². The van der Waals surface area contributed by atoms with Crippen molar-refractivity contribution in [2.75, 3.05) is 12.4 Å². The molecule has 0 saturated carbocycles. The van der Waals surface area contributed by atoms with Gasteiger partial charge in [-0.25, -0.2) is 0 Å². The van der Waals surface area contributed by atoms with Crippen molar-refractivity contribution < 1.29 is 4.79 Å². The molecule has 1 heterocycles. The van der Waals surface area contributed by atoms with Gasteiger partial charge >= 0.3 is 0 Å². The highest BCUT2D eigenvalue weighted by atomic mass is 16.1. The number of carbonyl (C=O) groups excluding carboxylic acids is 1. The lowest BCUT2D eigenvalue weighted by Gasteiger charge is -2.20. The highest BCUT2D eigenvalue weighted by Gasteiger charge is 2.11. The predicted molar refractivity (Wildman–Crippen MR) is 48.6 cm³/mol. The average molecular weight is 169 g/mol. The van der Waals surface area contributed by atoms with E-state index in [1.807, 2.05) is 4.68 Å².